The number of allylic oxidation sites excluding steroid dienone is 1. The Morgan fingerprint density at radius 3 is 1.99 bits per heavy atom. The minimum atomic E-state index is -0.840. The van der Waals surface area contributed by atoms with Gasteiger partial charge in [-0.25, -0.2) is 4.98 Å². The molecular weight excluding hydrogens is 929 g/mol. The topological polar surface area (TPSA) is 157 Å². The van der Waals surface area contributed by atoms with Crippen LogP contribution in [0.3, 0.4) is 0 Å². The van der Waals surface area contributed by atoms with E-state index in [2.05, 4.69) is 77.9 Å². The molecule has 2 heterocycles. The number of rotatable bonds is 27. The number of aliphatic hydroxyl groups excluding tert-OH is 1. The van der Waals surface area contributed by atoms with Gasteiger partial charge in [-0.2, -0.15) is 0 Å². The zero-order chi connectivity index (χ0) is 51.5. The largest absolute Gasteiger partial charge is 0.492 e. The number of likely N-dealkylation sites (tertiary alicyclic amines) is 1. The van der Waals surface area contributed by atoms with Gasteiger partial charge >= 0.3 is 0 Å². The third kappa shape index (κ3) is 16.2. The van der Waals surface area contributed by atoms with Crippen LogP contribution in [-0.4, -0.2) is 122 Å². The minimum Gasteiger partial charge on any atom is -0.492 e. The number of thiazole rings is 1. The first-order chi connectivity index (χ1) is 34.7. The number of aryl methyl sites for hydroxylation is 1. The molecule has 384 valence electrons. The van der Waals surface area contributed by atoms with E-state index in [1.54, 1.807) is 23.3 Å². The van der Waals surface area contributed by atoms with Gasteiger partial charge in [-0.15, -0.1) is 11.3 Å². The maximum atomic E-state index is 14.0. The van der Waals surface area contributed by atoms with Crippen LogP contribution < -0.4 is 10.1 Å². The van der Waals surface area contributed by atoms with Crippen LogP contribution in [0.5, 0.6) is 5.75 Å². The van der Waals surface area contributed by atoms with Crippen LogP contribution in [0, 0.1) is 18.3 Å². The number of carbonyl (C=O) groups is 4. The Bertz CT molecular complexity index is 2520. The molecule has 1 saturated heterocycles. The molecule has 6 rings (SSSR count). The lowest BCUT2D eigenvalue weighted by Gasteiger charge is -2.34. The molecule has 1 aliphatic rings. The number of hydrogen-bond donors (Lipinski definition) is 2. The summed E-state index contributed by atoms with van der Waals surface area (Å²) in [6.07, 6.45) is 0.536. The predicted molar refractivity (Wildman–Crippen MR) is 283 cm³/mol. The lowest BCUT2D eigenvalue weighted by molar-refractivity contribution is -0.146. The van der Waals surface area contributed by atoms with Crippen LogP contribution in [0.25, 0.3) is 21.6 Å². The van der Waals surface area contributed by atoms with Gasteiger partial charge in [0.1, 0.15) is 24.2 Å². The van der Waals surface area contributed by atoms with E-state index in [-0.39, 0.29) is 82.1 Å². The first kappa shape index (κ1) is 55.3. The van der Waals surface area contributed by atoms with Crippen molar-refractivity contribution in [2.24, 2.45) is 11.3 Å². The fraction of sp³-hybridized carbons (Fsp3) is 0.431. The van der Waals surface area contributed by atoms with E-state index in [0.29, 0.717) is 33.0 Å². The smallest absolute Gasteiger partial charge is 0.243 e. The fourth-order valence-electron chi connectivity index (χ4n) is 8.77. The second kappa shape index (κ2) is 27.7. The first-order valence-corrected chi connectivity index (χ1v) is 25.9. The number of amides is 3. The number of ketones is 1. The highest BCUT2D eigenvalue weighted by Gasteiger charge is 2.44. The van der Waals surface area contributed by atoms with Gasteiger partial charge in [0.25, 0.3) is 0 Å². The Labute approximate surface area is 429 Å². The van der Waals surface area contributed by atoms with Crippen molar-refractivity contribution in [3.63, 3.8) is 0 Å². The molecule has 0 radical (unpaired) electrons. The first-order valence-electron chi connectivity index (χ1n) is 25.0. The van der Waals surface area contributed by atoms with Crippen LogP contribution in [0.15, 0.2) is 115 Å². The van der Waals surface area contributed by atoms with E-state index in [4.69, 9.17) is 18.9 Å². The number of aromatic nitrogens is 1. The Morgan fingerprint density at radius 2 is 1.39 bits per heavy atom. The standard InChI is InChI=1S/C58H72N4O9S/c1-7-50(43-14-10-8-11-15-43)54(44-16-12-9-13-17-44)45-22-24-49(25-23-45)71-31-28-61(6)53(65)27-30-69-33-35-70-34-32-68-29-26-47(63)36-51(58(3,4)5)57(67)62-39-48(64)37-52(62)56(66)59-38-42-18-20-46(21-19-42)55-41(2)60-40-72-55/h8-25,40,48,51-52,64H,7,26-39H2,1-6H3,(H,59,66)/b54-50-/t48-,51-,52+/m1/s1. The Hall–Kier alpha value is -6.03. The number of Topliss-reactive ketones (excluding diaryl/α,β-unsaturated/α-hetero) is 1. The Balaban J connectivity index is 0.821. The van der Waals surface area contributed by atoms with Gasteiger partial charge in [-0.3, -0.25) is 19.2 Å². The van der Waals surface area contributed by atoms with E-state index in [9.17, 15) is 24.3 Å². The van der Waals surface area contributed by atoms with Crippen molar-refractivity contribution in [3.05, 3.63) is 143 Å². The summed E-state index contributed by atoms with van der Waals surface area (Å²) in [5, 5.41) is 13.5. The minimum absolute atomic E-state index is 0.00270. The van der Waals surface area contributed by atoms with Gasteiger partial charge in [0.05, 0.1) is 74.8 Å². The van der Waals surface area contributed by atoms with Crippen LogP contribution in [-0.2, 0) is 39.9 Å². The highest BCUT2D eigenvalue weighted by Crippen LogP contribution is 2.36. The lowest BCUT2D eigenvalue weighted by Crippen LogP contribution is -2.50. The monoisotopic (exact) mass is 1000 g/mol. The summed E-state index contributed by atoms with van der Waals surface area (Å²) in [7, 11) is 1.76. The number of benzene rings is 4. The molecule has 0 bridgehead atoms. The molecule has 1 fully saturated rings. The third-order valence-electron chi connectivity index (χ3n) is 12.9. The number of hydrogen-bond acceptors (Lipinski definition) is 11. The molecule has 1 aliphatic heterocycles. The zero-order valence-electron chi connectivity index (χ0n) is 42.8. The van der Waals surface area contributed by atoms with Gasteiger partial charge in [0.15, 0.2) is 0 Å². The van der Waals surface area contributed by atoms with E-state index < -0.39 is 23.5 Å². The highest BCUT2D eigenvalue weighted by molar-refractivity contribution is 7.13. The van der Waals surface area contributed by atoms with E-state index >= 15 is 0 Å². The predicted octanol–water partition coefficient (Wildman–Crippen LogP) is 9.05. The molecule has 14 heteroatoms. The lowest BCUT2D eigenvalue weighted by atomic mass is 9.76. The Kier molecular flexibility index (Phi) is 21.3. The molecule has 3 amide bonds. The molecular formula is C58H72N4O9S. The van der Waals surface area contributed by atoms with Gasteiger partial charge in [-0.1, -0.05) is 125 Å². The van der Waals surface area contributed by atoms with Crippen LogP contribution in [0.2, 0.25) is 0 Å². The second-order valence-corrected chi connectivity index (χ2v) is 20.1. The van der Waals surface area contributed by atoms with Crippen molar-refractivity contribution in [2.75, 3.05) is 66.4 Å². The van der Waals surface area contributed by atoms with Crippen LogP contribution in [0.1, 0.15) is 87.7 Å². The van der Waals surface area contributed by atoms with Gasteiger partial charge in [0, 0.05) is 45.3 Å². The molecule has 0 unspecified atom stereocenters. The fourth-order valence-corrected chi connectivity index (χ4v) is 9.58. The maximum Gasteiger partial charge on any atom is 0.243 e. The van der Waals surface area contributed by atoms with Crippen molar-refractivity contribution in [3.8, 4) is 16.2 Å². The number of ether oxygens (including phenoxy) is 4. The molecule has 3 atom stereocenters. The normalized spacial score (nSPS) is 15.5. The third-order valence-corrected chi connectivity index (χ3v) is 13.9. The number of likely N-dealkylation sites (N-methyl/N-ethyl adjacent to an activating group) is 1. The summed E-state index contributed by atoms with van der Waals surface area (Å²) in [5.41, 5.74) is 10.1. The van der Waals surface area contributed by atoms with Crippen molar-refractivity contribution >= 4 is 46.0 Å². The molecule has 2 N–H and O–H groups in total. The number of carbonyl (C=O) groups excluding carboxylic acids is 4. The summed E-state index contributed by atoms with van der Waals surface area (Å²) >= 11 is 1.58. The van der Waals surface area contributed by atoms with Gasteiger partial charge in [-0.05, 0) is 69.9 Å². The summed E-state index contributed by atoms with van der Waals surface area (Å²) < 4.78 is 22.9. The number of aliphatic hydroxyl groups is 1. The second-order valence-electron chi connectivity index (χ2n) is 19.2. The van der Waals surface area contributed by atoms with Crippen molar-refractivity contribution in [2.45, 2.75) is 85.4 Å². The summed E-state index contributed by atoms with van der Waals surface area (Å²) in [5.74, 6) is -0.766. The van der Waals surface area contributed by atoms with Crippen molar-refractivity contribution < 1.29 is 43.2 Å². The average molecular weight is 1000 g/mol. The quantitative estimate of drug-likeness (QED) is 0.0385. The molecule has 0 spiro atoms. The summed E-state index contributed by atoms with van der Waals surface area (Å²) in [6, 6.07) is 36.2. The molecule has 0 aliphatic carbocycles. The van der Waals surface area contributed by atoms with Gasteiger partial charge in [0.2, 0.25) is 17.7 Å². The summed E-state index contributed by atoms with van der Waals surface area (Å²) in [6.45, 7) is 12.7. The molecule has 1 aromatic heterocycles. The maximum absolute atomic E-state index is 14.0. The molecule has 5 aromatic rings. The molecule has 72 heavy (non-hydrogen) atoms. The van der Waals surface area contributed by atoms with Crippen molar-refractivity contribution in [1.29, 1.82) is 0 Å². The van der Waals surface area contributed by atoms with Gasteiger partial charge < -0.3 is 39.2 Å². The average Bonchev–Trinajstić information content (AvgIpc) is 4.00. The number of nitrogens with one attached hydrogen (secondary N) is 1. The van der Waals surface area contributed by atoms with Crippen molar-refractivity contribution in [1.82, 2.24) is 20.1 Å². The van der Waals surface area contributed by atoms with Crippen LogP contribution in [0.4, 0.5) is 0 Å². The SMILES string of the molecule is CC/C(=C(\c1ccccc1)c1ccc(OCCN(C)C(=O)CCOCCOCCOCCC(=O)C[C@H](C(=O)N2C[C@H](O)C[C@H]2C(=O)NCc2ccc(-c3scnc3C)cc2)C(C)(C)C)cc1)c1ccccc1. The molecule has 4 aromatic carbocycles. The van der Waals surface area contributed by atoms with E-state index in [0.717, 1.165) is 45.0 Å². The Morgan fingerprint density at radius 1 is 0.792 bits per heavy atom. The number of nitrogens with zero attached hydrogens (tertiary/aromatic N) is 3. The zero-order valence-corrected chi connectivity index (χ0v) is 43.6. The molecule has 0 saturated carbocycles. The molecule has 13 nitrogen and oxygen atoms in total. The van der Waals surface area contributed by atoms with Crippen LogP contribution >= 0.6 is 11.3 Å². The van der Waals surface area contributed by atoms with E-state index in [1.807, 2.05) is 81.7 Å². The highest BCUT2D eigenvalue weighted by atomic mass is 32.1. The number of β-amino-alcohol motifs (C(OH)–C–C–N with tert-alkyl or cyclic N) is 1. The summed E-state index contributed by atoms with van der Waals surface area (Å²) in [4.78, 5) is 61.9. The van der Waals surface area contributed by atoms with E-state index in [1.165, 1.54) is 21.6 Å².